The first-order valence-corrected chi connectivity index (χ1v) is 11.0. The van der Waals surface area contributed by atoms with Gasteiger partial charge in [0, 0.05) is 29.8 Å². The van der Waals surface area contributed by atoms with Gasteiger partial charge in [-0.2, -0.15) is 0 Å². The van der Waals surface area contributed by atoms with Crippen LogP contribution >= 0.6 is 0 Å². The molecule has 0 N–H and O–H groups in total. The standard InChI is InChI=1S/C27H33NO/c1-5-7-12-25-24(27(29)18-26(28-25)19(3)4)17-20-13-15-22(16-14-20)23-11-9-8-10-21(23)6-2/h8-11,13-16,19H,5-7,12,17-18H2,1-4H3. The fourth-order valence-electron chi connectivity index (χ4n) is 3.91. The average molecular weight is 388 g/mol. The Bertz CT molecular complexity index is 916. The summed E-state index contributed by atoms with van der Waals surface area (Å²) in [5.41, 5.74) is 8.06. The van der Waals surface area contributed by atoms with E-state index in [1.54, 1.807) is 0 Å². The van der Waals surface area contributed by atoms with E-state index in [0.717, 1.165) is 42.7 Å². The van der Waals surface area contributed by atoms with E-state index >= 15 is 0 Å². The Labute approximate surface area is 175 Å². The quantitative estimate of drug-likeness (QED) is 0.481. The van der Waals surface area contributed by atoms with Gasteiger partial charge in [0.25, 0.3) is 0 Å². The third kappa shape index (κ3) is 5.12. The molecule has 2 heteroatoms. The number of allylic oxidation sites excluding steroid dienone is 2. The summed E-state index contributed by atoms with van der Waals surface area (Å²) in [6.45, 7) is 8.63. The normalized spacial score (nSPS) is 14.5. The zero-order valence-corrected chi connectivity index (χ0v) is 18.3. The number of benzene rings is 2. The maximum Gasteiger partial charge on any atom is 0.166 e. The van der Waals surface area contributed by atoms with E-state index in [-0.39, 0.29) is 5.78 Å². The van der Waals surface area contributed by atoms with Crippen LogP contribution in [0.25, 0.3) is 11.1 Å². The second-order valence-electron chi connectivity index (χ2n) is 8.27. The van der Waals surface area contributed by atoms with Crippen molar-refractivity contribution in [2.24, 2.45) is 10.9 Å². The third-order valence-corrected chi connectivity index (χ3v) is 5.78. The summed E-state index contributed by atoms with van der Waals surface area (Å²) in [7, 11) is 0. The van der Waals surface area contributed by atoms with E-state index in [2.05, 4.69) is 76.2 Å². The summed E-state index contributed by atoms with van der Waals surface area (Å²) < 4.78 is 0. The summed E-state index contributed by atoms with van der Waals surface area (Å²) in [4.78, 5) is 17.8. The summed E-state index contributed by atoms with van der Waals surface area (Å²) in [5.74, 6) is 0.588. The van der Waals surface area contributed by atoms with Gasteiger partial charge in [-0.3, -0.25) is 9.79 Å². The first kappa shape index (κ1) is 21.2. The van der Waals surface area contributed by atoms with Crippen molar-refractivity contribution in [1.82, 2.24) is 0 Å². The minimum Gasteiger partial charge on any atom is -0.294 e. The van der Waals surface area contributed by atoms with Gasteiger partial charge in [-0.1, -0.05) is 82.6 Å². The third-order valence-electron chi connectivity index (χ3n) is 5.78. The highest BCUT2D eigenvalue weighted by atomic mass is 16.1. The Kier molecular flexibility index (Phi) is 7.19. The van der Waals surface area contributed by atoms with E-state index in [1.165, 1.54) is 22.3 Å². The number of aliphatic imine (C=N–C) groups is 1. The molecule has 2 aromatic rings. The number of ketones is 1. The van der Waals surface area contributed by atoms with Crippen LogP contribution in [0.2, 0.25) is 0 Å². The summed E-state index contributed by atoms with van der Waals surface area (Å²) >= 11 is 0. The van der Waals surface area contributed by atoms with E-state index in [0.29, 0.717) is 18.8 Å². The van der Waals surface area contributed by atoms with Crippen molar-refractivity contribution in [1.29, 1.82) is 0 Å². The predicted octanol–water partition coefficient (Wildman–Crippen LogP) is 6.97. The van der Waals surface area contributed by atoms with Gasteiger partial charge in [0.2, 0.25) is 0 Å². The fraction of sp³-hybridized carbons (Fsp3) is 0.407. The van der Waals surface area contributed by atoms with Crippen LogP contribution in [0, 0.1) is 5.92 Å². The van der Waals surface area contributed by atoms with Crippen LogP contribution in [0.1, 0.15) is 64.5 Å². The largest absolute Gasteiger partial charge is 0.294 e. The number of hydrogen-bond acceptors (Lipinski definition) is 2. The second kappa shape index (κ2) is 9.82. The molecule has 0 saturated carbocycles. The molecule has 0 amide bonds. The molecule has 0 atom stereocenters. The second-order valence-corrected chi connectivity index (χ2v) is 8.27. The zero-order valence-electron chi connectivity index (χ0n) is 18.3. The van der Waals surface area contributed by atoms with Crippen LogP contribution in [0.4, 0.5) is 0 Å². The molecule has 0 aliphatic carbocycles. The summed E-state index contributed by atoms with van der Waals surface area (Å²) in [6.07, 6.45) is 5.27. The predicted molar refractivity (Wildman–Crippen MR) is 123 cm³/mol. The van der Waals surface area contributed by atoms with Gasteiger partial charge in [-0.25, -0.2) is 0 Å². The number of aryl methyl sites for hydroxylation is 1. The molecular weight excluding hydrogens is 354 g/mol. The average Bonchev–Trinajstić information content (AvgIpc) is 2.74. The molecule has 0 radical (unpaired) electrons. The van der Waals surface area contributed by atoms with Crippen LogP contribution in [-0.2, 0) is 17.6 Å². The first-order chi connectivity index (χ1) is 14.0. The summed E-state index contributed by atoms with van der Waals surface area (Å²) in [5, 5.41) is 0. The highest BCUT2D eigenvalue weighted by molar-refractivity contribution is 6.12. The Morgan fingerprint density at radius 3 is 2.38 bits per heavy atom. The van der Waals surface area contributed by atoms with Crippen molar-refractivity contribution < 1.29 is 4.79 Å². The highest BCUT2D eigenvalue weighted by Crippen LogP contribution is 2.28. The minimum atomic E-state index is 0.259. The zero-order chi connectivity index (χ0) is 20.8. The number of hydrogen-bond donors (Lipinski definition) is 0. The van der Waals surface area contributed by atoms with E-state index in [4.69, 9.17) is 4.99 Å². The SMILES string of the molecule is CCCCC1=C(Cc2ccc(-c3ccccc3CC)cc2)C(=O)CC(C(C)C)=N1. The number of rotatable bonds is 8. The Morgan fingerprint density at radius 1 is 1.00 bits per heavy atom. The molecule has 0 fully saturated rings. The minimum absolute atomic E-state index is 0.259. The van der Waals surface area contributed by atoms with Gasteiger partial charge in [-0.15, -0.1) is 0 Å². The van der Waals surface area contributed by atoms with Crippen molar-refractivity contribution in [3.63, 3.8) is 0 Å². The topological polar surface area (TPSA) is 29.4 Å². The lowest BCUT2D eigenvalue weighted by Crippen LogP contribution is -2.22. The number of carbonyl (C=O) groups is 1. The van der Waals surface area contributed by atoms with Gasteiger partial charge in [0.05, 0.1) is 0 Å². The van der Waals surface area contributed by atoms with Gasteiger partial charge < -0.3 is 0 Å². The molecular formula is C27H33NO. The number of nitrogens with zero attached hydrogens (tertiary/aromatic N) is 1. The monoisotopic (exact) mass is 387 g/mol. The van der Waals surface area contributed by atoms with Gasteiger partial charge in [0.15, 0.2) is 5.78 Å². The van der Waals surface area contributed by atoms with E-state index < -0.39 is 0 Å². The van der Waals surface area contributed by atoms with Crippen molar-refractivity contribution in [3.8, 4) is 11.1 Å². The molecule has 0 saturated heterocycles. The molecule has 0 bridgehead atoms. The maximum atomic E-state index is 12.9. The molecule has 1 aliphatic heterocycles. The van der Waals surface area contributed by atoms with Crippen molar-refractivity contribution in [2.75, 3.05) is 0 Å². The van der Waals surface area contributed by atoms with Crippen LogP contribution < -0.4 is 0 Å². The molecule has 29 heavy (non-hydrogen) atoms. The Balaban J connectivity index is 1.87. The van der Waals surface area contributed by atoms with Crippen LogP contribution in [0.3, 0.4) is 0 Å². The Morgan fingerprint density at radius 2 is 1.72 bits per heavy atom. The molecule has 152 valence electrons. The first-order valence-electron chi connectivity index (χ1n) is 11.0. The van der Waals surface area contributed by atoms with E-state index in [9.17, 15) is 4.79 Å². The number of Topliss-reactive ketones (excluding diaryl/α,β-unsaturated/α-hetero) is 1. The van der Waals surface area contributed by atoms with Gasteiger partial charge in [-0.05, 0) is 47.4 Å². The lowest BCUT2D eigenvalue weighted by molar-refractivity contribution is -0.114. The van der Waals surface area contributed by atoms with E-state index in [1.807, 2.05) is 0 Å². The van der Waals surface area contributed by atoms with Crippen LogP contribution in [0.15, 0.2) is 64.8 Å². The summed E-state index contributed by atoms with van der Waals surface area (Å²) in [6, 6.07) is 17.3. The highest BCUT2D eigenvalue weighted by Gasteiger charge is 2.24. The van der Waals surface area contributed by atoms with Crippen molar-refractivity contribution in [3.05, 3.63) is 70.9 Å². The van der Waals surface area contributed by atoms with Crippen molar-refractivity contribution in [2.45, 2.75) is 66.2 Å². The molecule has 1 aliphatic rings. The smallest absolute Gasteiger partial charge is 0.166 e. The molecule has 0 spiro atoms. The van der Waals surface area contributed by atoms with Crippen molar-refractivity contribution >= 4 is 11.5 Å². The molecule has 3 rings (SSSR count). The van der Waals surface area contributed by atoms with Gasteiger partial charge >= 0.3 is 0 Å². The molecule has 0 aromatic heterocycles. The molecule has 1 heterocycles. The lowest BCUT2D eigenvalue weighted by atomic mass is 9.89. The number of unbranched alkanes of at least 4 members (excludes halogenated alkanes) is 1. The fourth-order valence-corrected chi connectivity index (χ4v) is 3.91. The molecule has 0 unspecified atom stereocenters. The maximum absolute atomic E-state index is 12.9. The Hall–Kier alpha value is -2.48. The molecule has 2 aromatic carbocycles. The number of carbonyl (C=O) groups excluding carboxylic acids is 1. The van der Waals surface area contributed by atoms with Crippen LogP contribution in [-0.4, -0.2) is 11.5 Å². The van der Waals surface area contributed by atoms with Crippen LogP contribution in [0.5, 0.6) is 0 Å². The lowest BCUT2D eigenvalue weighted by Gasteiger charge is -2.21. The molecule has 2 nitrogen and oxygen atoms in total. The van der Waals surface area contributed by atoms with Gasteiger partial charge in [0.1, 0.15) is 0 Å².